The number of likely N-dealkylation sites (tertiary alicyclic amines) is 1. The standard InChI is InChI=1S/C20H25FN6/c1-3-24-20(25-12-17-10-16(11-22)4-5-18(17)21)26-8-6-15(2)19(13-26)27-9-7-23-14-27/h4-5,7,9-10,14-15,19H,3,6,8,12-13H2,1-2H3,(H,24,25). The maximum absolute atomic E-state index is 14.1. The molecule has 0 radical (unpaired) electrons. The molecule has 2 unspecified atom stereocenters. The van der Waals surface area contributed by atoms with Crippen LogP contribution in [0, 0.1) is 23.1 Å². The molecule has 1 aromatic carbocycles. The van der Waals surface area contributed by atoms with Crippen molar-refractivity contribution >= 4 is 5.96 Å². The van der Waals surface area contributed by atoms with Crippen molar-refractivity contribution in [3.63, 3.8) is 0 Å². The number of aliphatic imine (C=N–C) groups is 1. The number of rotatable bonds is 4. The third kappa shape index (κ3) is 4.45. The van der Waals surface area contributed by atoms with Crippen molar-refractivity contribution < 1.29 is 4.39 Å². The SMILES string of the molecule is CCNC(=NCc1cc(C#N)ccc1F)N1CCC(C)C(n2ccnc2)C1. The van der Waals surface area contributed by atoms with Crippen molar-refractivity contribution in [3.8, 4) is 6.07 Å². The van der Waals surface area contributed by atoms with E-state index in [0.29, 0.717) is 23.1 Å². The van der Waals surface area contributed by atoms with Gasteiger partial charge in [0.05, 0.1) is 30.5 Å². The first-order chi connectivity index (χ1) is 13.1. The molecule has 0 bridgehead atoms. The molecule has 1 aliphatic heterocycles. The van der Waals surface area contributed by atoms with Gasteiger partial charge < -0.3 is 14.8 Å². The molecule has 7 heteroatoms. The van der Waals surface area contributed by atoms with Gasteiger partial charge in [-0.05, 0) is 37.5 Å². The zero-order chi connectivity index (χ0) is 19.2. The van der Waals surface area contributed by atoms with E-state index in [9.17, 15) is 4.39 Å². The molecule has 2 atom stereocenters. The Kier molecular flexibility index (Phi) is 6.07. The second kappa shape index (κ2) is 8.67. The molecule has 2 aromatic rings. The van der Waals surface area contributed by atoms with Crippen molar-refractivity contribution in [2.75, 3.05) is 19.6 Å². The Morgan fingerprint density at radius 1 is 1.48 bits per heavy atom. The second-order valence-corrected chi connectivity index (χ2v) is 6.88. The third-order valence-corrected chi connectivity index (χ3v) is 5.03. The smallest absolute Gasteiger partial charge is 0.194 e. The maximum atomic E-state index is 14.1. The van der Waals surface area contributed by atoms with Crippen LogP contribution in [0.25, 0.3) is 0 Å². The Morgan fingerprint density at radius 2 is 2.33 bits per heavy atom. The van der Waals surface area contributed by atoms with Crippen LogP contribution in [-0.4, -0.2) is 40.0 Å². The third-order valence-electron chi connectivity index (χ3n) is 5.03. The molecule has 0 aliphatic carbocycles. The molecule has 0 amide bonds. The number of nitriles is 1. The van der Waals surface area contributed by atoms with E-state index < -0.39 is 0 Å². The fourth-order valence-corrected chi connectivity index (χ4v) is 3.45. The lowest BCUT2D eigenvalue weighted by Crippen LogP contribution is -2.49. The van der Waals surface area contributed by atoms with Crippen LogP contribution in [-0.2, 0) is 6.54 Å². The lowest BCUT2D eigenvalue weighted by atomic mass is 9.93. The quantitative estimate of drug-likeness (QED) is 0.665. The van der Waals surface area contributed by atoms with E-state index in [-0.39, 0.29) is 12.4 Å². The Morgan fingerprint density at radius 3 is 3.04 bits per heavy atom. The fourth-order valence-electron chi connectivity index (χ4n) is 3.45. The molecule has 1 aromatic heterocycles. The molecule has 1 aliphatic rings. The number of nitrogens with zero attached hydrogens (tertiary/aromatic N) is 5. The van der Waals surface area contributed by atoms with E-state index in [1.165, 1.54) is 12.1 Å². The van der Waals surface area contributed by atoms with E-state index in [1.54, 1.807) is 12.3 Å². The maximum Gasteiger partial charge on any atom is 0.194 e. The van der Waals surface area contributed by atoms with Crippen LogP contribution in [0.5, 0.6) is 0 Å². The van der Waals surface area contributed by atoms with Gasteiger partial charge in [0.1, 0.15) is 5.82 Å². The Bertz CT molecular complexity index is 823. The van der Waals surface area contributed by atoms with Crippen molar-refractivity contribution in [3.05, 3.63) is 53.9 Å². The van der Waals surface area contributed by atoms with Gasteiger partial charge in [0.2, 0.25) is 0 Å². The predicted octanol–water partition coefficient (Wildman–Crippen LogP) is 2.94. The molecule has 1 fully saturated rings. The first-order valence-corrected chi connectivity index (χ1v) is 9.31. The summed E-state index contributed by atoms with van der Waals surface area (Å²) in [5.74, 6) is 0.983. The van der Waals surface area contributed by atoms with Crippen molar-refractivity contribution in [1.29, 1.82) is 5.26 Å². The van der Waals surface area contributed by atoms with Gasteiger partial charge in [-0.3, -0.25) is 0 Å². The number of guanidine groups is 1. The summed E-state index contributed by atoms with van der Waals surface area (Å²) in [6.07, 6.45) is 6.70. The van der Waals surface area contributed by atoms with Crippen LogP contribution >= 0.6 is 0 Å². The molecule has 142 valence electrons. The molecular weight excluding hydrogens is 343 g/mol. The van der Waals surface area contributed by atoms with Crippen LogP contribution < -0.4 is 5.32 Å². The van der Waals surface area contributed by atoms with Crippen LogP contribution in [0.15, 0.2) is 41.9 Å². The van der Waals surface area contributed by atoms with Crippen LogP contribution in [0.4, 0.5) is 4.39 Å². The van der Waals surface area contributed by atoms with Crippen molar-refractivity contribution in [2.24, 2.45) is 10.9 Å². The average molecular weight is 368 g/mol. The summed E-state index contributed by atoms with van der Waals surface area (Å²) >= 11 is 0. The number of benzene rings is 1. The molecule has 1 N–H and O–H groups in total. The normalized spacial score (nSPS) is 20.4. The summed E-state index contributed by atoms with van der Waals surface area (Å²) in [5, 5.41) is 12.3. The van der Waals surface area contributed by atoms with Gasteiger partial charge in [-0.2, -0.15) is 5.26 Å². The lowest BCUT2D eigenvalue weighted by Gasteiger charge is -2.39. The highest BCUT2D eigenvalue weighted by molar-refractivity contribution is 5.80. The minimum atomic E-state index is -0.336. The number of hydrogen-bond acceptors (Lipinski definition) is 3. The van der Waals surface area contributed by atoms with E-state index in [2.05, 4.69) is 31.7 Å². The highest BCUT2D eigenvalue weighted by Gasteiger charge is 2.28. The second-order valence-electron chi connectivity index (χ2n) is 6.88. The van der Waals surface area contributed by atoms with Gasteiger partial charge in [-0.15, -0.1) is 0 Å². The van der Waals surface area contributed by atoms with Gasteiger partial charge in [0.15, 0.2) is 5.96 Å². The molecular formula is C20H25FN6. The monoisotopic (exact) mass is 368 g/mol. The van der Waals surface area contributed by atoms with Crippen LogP contribution in [0.1, 0.15) is 37.4 Å². The zero-order valence-corrected chi connectivity index (χ0v) is 15.8. The van der Waals surface area contributed by atoms with E-state index in [0.717, 1.165) is 32.0 Å². The summed E-state index contributed by atoms with van der Waals surface area (Å²) in [5.41, 5.74) is 0.875. The molecule has 3 rings (SSSR count). The van der Waals surface area contributed by atoms with Crippen LogP contribution in [0.3, 0.4) is 0 Å². The molecule has 0 spiro atoms. The van der Waals surface area contributed by atoms with E-state index in [4.69, 9.17) is 5.26 Å². The number of nitrogens with one attached hydrogen (secondary N) is 1. The van der Waals surface area contributed by atoms with Crippen LogP contribution in [0.2, 0.25) is 0 Å². The summed E-state index contributed by atoms with van der Waals surface area (Å²) < 4.78 is 16.2. The topological polar surface area (TPSA) is 69.2 Å². The zero-order valence-electron chi connectivity index (χ0n) is 15.8. The van der Waals surface area contributed by atoms with Gasteiger partial charge in [-0.25, -0.2) is 14.4 Å². The highest BCUT2D eigenvalue weighted by atomic mass is 19.1. The Labute approximate surface area is 159 Å². The van der Waals surface area contributed by atoms with Gasteiger partial charge >= 0.3 is 0 Å². The first-order valence-electron chi connectivity index (χ1n) is 9.31. The summed E-state index contributed by atoms with van der Waals surface area (Å²) in [7, 11) is 0. The predicted molar refractivity (Wildman–Crippen MR) is 103 cm³/mol. The molecule has 6 nitrogen and oxygen atoms in total. The molecule has 2 heterocycles. The van der Waals surface area contributed by atoms with Gasteiger partial charge in [0.25, 0.3) is 0 Å². The average Bonchev–Trinajstić information content (AvgIpc) is 3.21. The number of imidazole rings is 1. The van der Waals surface area contributed by atoms with E-state index >= 15 is 0 Å². The molecule has 0 saturated carbocycles. The van der Waals surface area contributed by atoms with Crippen molar-refractivity contribution in [2.45, 2.75) is 32.9 Å². The van der Waals surface area contributed by atoms with Crippen molar-refractivity contribution in [1.82, 2.24) is 19.8 Å². The largest absolute Gasteiger partial charge is 0.357 e. The van der Waals surface area contributed by atoms with Gasteiger partial charge in [0, 0.05) is 37.6 Å². The summed E-state index contributed by atoms with van der Waals surface area (Å²) in [6.45, 7) is 6.94. The number of aromatic nitrogens is 2. The Hall–Kier alpha value is -2.88. The minimum Gasteiger partial charge on any atom is -0.357 e. The number of hydrogen-bond donors (Lipinski definition) is 1. The highest BCUT2D eigenvalue weighted by Crippen LogP contribution is 2.27. The minimum absolute atomic E-state index is 0.200. The molecule has 27 heavy (non-hydrogen) atoms. The van der Waals surface area contributed by atoms with Gasteiger partial charge in [-0.1, -0.05) is 6.92 Å². The first kappa shape index (κ1) is 18.9. The molecule has 1 saturated heterocycles. The fraction of sp³-hybridized carbons (Fsp3) is 0.450. The number of halogens is 1. The summed E-state index contributed by atoms with van der Waals surface area (Å²) in [4.78, 5) is 11.0. The van der Waals surface area contributed by atoms with E-state index in [1.807, 2.05) is 25.5 Å². The number of piperidine rings is 1. The lowest BCUT2D eigenvalue weighted by molar-refractivity contribution is 0.189. The Balaban J connectivity index is 1.78. The summed E-state index contributed by atoms with van der Waals surface area (Å²) in [6, 6.07) is 6.74.